The van der Waals surface area contributed by atoms with Crippen molar-refractivity contribution in [3.8, 4) is 0 Å². The number of aliphatic carboxylic acids is 2. The number of hydrogen-bond acceptors (Lipinski definition) is 5. The van der Waals surface area contributed by atoms with Crippen LogP contribution in [0.25, 0.3) is 0 Å². The molecule has 0 saturated heterocycles. The van der Waals surface area contributed by atoms with Crippen LogP contribution in [0.2, 0.25) is 0 Å². The third-order valence-corrected chi connectivity index (χ3v) is 1.78. The number of carbonyl (C=O) groups excluding carboxylic acids is 2. The van der Waals surface area contributed by atoms with Crippen molar-refractivity contribution in [3.63, 3.8) is 0 Å². The minimum absolute atomic E-state index is 0.0299. The summed E-state index contributed by atoms with van der Waals surface area (Å²) in [5.74, 6) is -3.62. The fraction of sp³-hybridized carbons (Fsp3) is 0.556. The number of carbonyl (C=O) groups is 4. The van der Waals surface area contributed by atoms with Gasteiger partial charge >= 0.3 is 11.9 Å². The van der Waals surface area contributed by atoms with Crippen LogP contribution in [0.5, 0.6) is 0 Å². The van der Waals surface area contributed by atoms with E-state index in [0.29, 0.717) is 0 Å². The molecule has 0 aromatic carbocycles. The van der Waals surface area contributed by atoms with Gasteiger partial charge in [0.25, 0.3) is 0 Å². The van der Waals surface area contributed by atoms with Gasteiger partial charge in [0.05, 0.1) is 19.6 Å². The van der Waals surface area contributed by atoms with E-state index in [2.05, 4.69) is 5.32 Å². The van der Waals surface area contributed by atoms with Gasteiger partial charge in [-0.3, -0.25) is 24.1 Å². The van der Waals surface area contributed by atoms with Crippen molar-refractivity contribution in [3.05, 3.63) is 0 Å². The maximum absolute atomic E-state index is 11.3. The summed E-state index contributed by atoms with van der Waals surface area (Å²) in [6.07, 6.45) is -0.0381. The minimum atomic E-state index is -1.24. The number of carboxylic acid groups (broad SMARTS) is 2. The second-order valence-corrected chi connectivity index (χ2v) is 3.50. The van der Waals surface area contributed by atoms with Crippen LogP contribution in [0.15, 0.2) is 0 Å². The van der Waals surface area contributed by atoms with Gasteiger partial charge in [0, 0.05) is 13.0 Å². The number of rotatable bonds is 9. The molecule has 0 atom stereocenters. The van der Waals surface area contributed by atoms with Crippen LogP contribution in [0.1, 0.15) is 6.42 Å². The standard InChI is InChI=1S/C9H15N3O6/c10-6(13)1-2-11-7(14)3-12(4-8(15)16)5-9(17)18/h1-5H2,(H2,10,13)(H,11,14)(H,15,16)(H,17,18). The van der Waals surface area contributed by atoms with E-state index in [9.17, 15) is 19.2 Å². The first-order valence-corrected chi connectivity index (χ1v) is 5.02. The molecule has 0 heterocycles. The van der Waals surface area contributed by atoms with E-state index in [0.717, 1.165) is 4.90 Å². The van der Waals surface area contributed by atoms with Crippen LogP contribution < -0.4 is 11.1 Å². The zero-order valence-corrected chi connectivity index (χ0v) is 9.59. The molecule has 9 heteroatoms. The summed E-state index contributed by atoms with van der Waals surface area (Å²) in [7, 11) is 0. The lowest BCUT2D eigenvalue weighted by atomic mass is 10.4. The molecule has 0 radical (unpaired) electrons. The van der Waals surface area contributed by atoms with Gasteiger partial charge in [-0.1, -0.05) is 0 Å². The zero-order valence-electron chi connectivity index (χ0n) is 9.59. The summed E-state index contributed by atoms with van der Waals surface area (Å²) >= 11 is 0. The number of nitrogens with one attached hydrogen (secondary N) is 1. The Morgan fingerprint density at radius 2 is 1.50 bits per heavy atom. The van der Waals surface area contributed by atoms with E-state index < -0.39 is 36.8 Å². The normalized spacial score (nSPS) is 10.1. The molecule has 5 N–H and O–H groups in total. The van der Waals surface area contributed by atoms with Crippen LogP contribution in [-0.2, 0) is 19.2 Å². The lowest BCUT2D eigenvalue weighted by molar-refractivity contribution is -0.142. The molecular weight excluding hydrogens is 246 g/mol. The van der Waals surface area contributed by atoms with Crippen LogP contribution in [0.3, 0.4) is 0 Å². The van der Waals surface area contributed by atoms with E-state index in [1.807, 2.05) is 0 Å². The number of carboxylic acids is 2. The number of primary amides is 1. The van der Waals surface area contributed by atoms with Crippen LogP contribution in [-0.4, -0.2) is 65.0 Å². The Balaban J connectivity index is 4.13. The Morgan fingerprint density at radius 1 is 1.00 bits per heavy atom. The SMILES string of the molecule is NC(=O)CCNC(=O)CN(CC(=O)O)CC(=O)O. The Kier molecular flexibility index (Phi) is 7.05. The van der Waals surface area contributed by atoms with E-state index in [-0.39, 0.29) is 19.5 Å². The van der Waals surface area contributed by atoms with E-state index in [1.165, 1.54) is 0 Å². The second kappa shape index (κ2) is 8.01. The van der Waals surface area contributed by atoms with Crippen molar-refractivity contribution in [2.24, 2.45) is 5.73 Å². The second-order valence-electron chi connectivity index (χ2n) is 3.50. The first kappa shape index (κ1) is 15.8. The Morgan fingerprint density at radius 3 is 1.89 bits per heavy atom. The van der Waals surface area contributed by atoms with Gasteiger partial charge in [0.1, 0.15) is 0 Å². The summed E-state index contributed by atoms with van der Waals surface area (Å²) in [5, 5.41) is 19.4. The maximum Gasteiger partial charge on any atom is 0.317 e. The fourth-order valence-corrected chi connectivity index (χ4v) is 1.13. The first-order chi connectivity index (χ1) is 8.31. The Hall–Kier alpha value is -2.16. The highest BCUT2D eigenvalue weighted by Crippen LogP contribution is 1.89. The molecule has 0 aliphatic carbocycles. The fourth-order valence-electron chi connectivity index (χ4n) is 1.13. The molecule has 0 saturated carbocycles. The Bertz CT molecular complexity index is 327. The first-order valence-electron chi connectivity index (χ1n) is 5.02. The van der Waals surface area contributed by atoms with Gasteiger partial charge in [-0.2, -0.15) is 0 Å². The molecule has 0 bridgehead atoms. The molecule has 102 valence electrons. The van der Waals surface area contributed by atoms with Gasteiger partial charge in [-0.05, 0) is 0 Å². The van der Waals surface area contributed by atoms with Crippen molar-refractivity contribution in [1.29, 1.82) is 0 Å². The highest BCUT2D eigenvalue weighted by molar-refractivity contribution is 5.81. The van der Waals surface area contributed by atoms with Gasteiger partial charge in [0.15, 0.2) is 0 Å². The van der Waals surface area contributed by atoms with Crippen molar-refractivity contribution < 1.29 is 29.4 Å². The molecule has 0 unspecified atom stereocenters. The van der Waals surface area contributed by atoms with E-state index >= 15 is 0 Å². The van der Waals surface area contributed by atoms with Crippen LogP contribution in [0, 0.1) is 0 Å². The van der Waals surface area contributed by atoms with E-state index in [4.69, 9.17) is 15.9 Å². The Labute approximate surface area is 103 Å². The molecule has 2 amide bonds. The van der Waals surface area contributed by atoms with Gasteiger partial charge < -0.3 is 21.3 Å². The smallest absolute Gasteiger partial charge is 0.317 e. The molecule has 0 aromatic rings. The molecule has 0 fully saturated rings. The number of hydrogen-bond donors (Lipinski definition) is 4. The maximum atomic E-state index is 11.3. The predicted octanol–water partition coefficient (Wildman–Crippen LogP) is -2.55. The molecule has 9 nitrogen and oxygen atoms in total. The van der Waals surface area contributed by atoms with Crippen molar-refractivity contribution in [1.82, 2.24) is 10.2 Å². The predicted molar refractivity (Wildman–Crippen MR) is 58.5 cm³/mol. The average Bonchev–Trinajstić information content (AvgIpc) is 2.13. The molecule has 0 spiro atoms. The van der Waals surface area contributed by atoms with Crippen molar-refractivity contribution >= 4 is 23.8 Å². The van der Waals surface area contributed by atoms with Gasteiger partial charge in [0.2, 0.25) is 11.8 Å². The van der Waals surface area contributed by atoms with Gasteiger partial charge in [-0.25, -0.2) is 0 Å². The number of amides is 2. The zero-order chi connectivity index (χ0) is 14.1. The summed E-state index contributed by atoms with van der Waals surface area (Å²) in [6.45, 7) is -1.47. The summed E-state index contributed by atoms with van der Waals surface area (Å²) < 4.78 is 0. The lowest BCUT2D eigenvalue weighted by Crippen LogP contribution is -2.42. The van der Waals surface area contributed by atoms with Gasteiger partial charge in [-0.15, -0.1) is 0 Å². The topological polar surface area (TPSA) is 150 Å². The highest BCUT2D eigenvalue weighted by atomic mass is 16.4. The third-order valence-electron chi connectivity index (χ3n) is 1.78. The molecule has 0 aliphatic heterocycles. The lowest BCUT2D eigenvalue weighted by Gasteiger charge is -2.17. The number of nitrogens with two attached hydrogens (primary N) is 1. The summed E-state index contributed by atoms with van der Waals surface area (Å²) in [4.78, 5) is 43.6. The quantitative estimate of drug-likeness (QED) is 0.356. The van der Waals surface area contributed by atoms with Crippen molar-refractivity contribution in [2.75, 3.05) is 26.2 Å². The van der Waals surface area contributed by atoms with E-state index in [1.54, 1.807) is 0 Å². The molecule has 0 aliphatic rings. The van der Waals surface area contributed by atoms with Crippen LogP contribution >= 0.6 is 0 Å². The monoisotopic (exact) mass is 261 g/mol. The summed E-state index contributed by atoms with van der Waals surface area (Å²) in [5.41, 5.74) is 4.86. The molecule has 18 heavy (non-hydrogen) atoms. The largest absolute Gasteiger partial charge is 0.480 e. The summed E-state index contributed by atoms with van der Waals surface area (Å²) in [6, 6.07) is 0. The molecule has 0 aromatic heterocycles. The molecular formula is C9H15N3O6. The average molecular weight is 261 g/mol. The van der Waals surface area contributed by atoms with Crippen LogP contribution in [0.4, 0.5) is 0 Å². The van der Waals surface area contributed by atoms with Crippen molar-refractivity contribution in [2.45, 2.75) is 6.42 Å². The highest BCUT2D eigenvalue weighted by Gasteiger charge is 2.16. The number of nitrogens with zero attached hydrogens (tertiary/aromatic N) is 1. The third kappa shape index (κ3) is 9.09. The molecule has 0 rings (SSSR count). The minimum Gasteiger partial charge on any atom is -0.480 e.